The third kappa shape index (κ3) is 5.49. The fourth-order valence-corrected chi connectivity index (χ4v) is 7.03. The second-order valence-corrected chi connectivity index (χ2v) is 12.4. The number of hydrogen-bond acceptors (Lipinski definition) is 8. The fourth-order valence-electron chi connectivity index (χ4n) is 7.03. The lowest BCUT2D eigenvalue weighted by molar-refractivity contribution is 0.0378. The number of anilines is 1. The summed E-state index contributed by atoms with van der Waals surface area (Å²) < 4.78 is 29.7. The molecule has 3 N–H and O–H groups in total. The lowest BCUT2D eigenvalue weighted by atomic mass is 10.0. The second kappa shape index (κ2) is 12.4. The fraction of sp³-hybridized carbons (Fsp3) is 0.333. The van der Waals surface area contributed by atoms with Gasteiger partial charge in [0.2, 0.25) is 5.43 Å². The number of nitrogens with one attached hydrogen (secondary N) is 3. The number of aromatic nitrogens is 1. The monoisotopic (exact) mass is 636 g/mol. The van der Waals surface area contributed by atoms with Crippen molar-refractivity contribution in [2.45, 2.75) is 19.3 Å². The summed E-state index contributed by atoms with van der Waals surface area (Å²) in [6.45, 7) is 6.52. The highest BCUT2D eigenvalue weighted by Crippen LogP contribution is 2.48. The van der Waals surface area contributed by atoms with Gasteiger partial charge < -0.3 is 34.9 Å². The van der Waals surface area contributed by atoms with Crippen molar-refractivity contribution in [3.8, 4) is 28.3 Å². The molecule has 4 aromatic rings. The molecule has 3 aliphatic heterocycles. The van der Waals surface area contributed by atoms with Gasteiger partial charge in [0.25, 0.3) is 5.91 Å². The highest BCUT2D eigenvalue weighted by Gasteiger charge is 2.31. The molecule has 3 aromatic carbocycles. The van der Waals surface area contributed by atoms with Crippen LogP contribution in [-0.4, -0.2) is 79.4 Å². The van der Waals surface area contributed by atoms with Crippen LogP contribution >= 0.6 is 0 Å². The highest BCUT2D eigenvalue weighted by molar-refractivity contribution is 6.01. The number of ether oxygens (including phenoxy) is 2. The van der Waals surface area contributed by atoms with Gasteiger partial charge in [-0.15, -0.1) is 0 Å². The zero-order valence-electron chi connectivity index (χ0n) is 26.1. The minimum absolute atomic E-state index is 0.0365. The first-order valence-electron chi connectivity index (χ1n) is 16.4. The lowest BCUT2D eigenvalue weighted by Gasteiger charge is -2.28. The van der Waals surface area contributed by atoms with Gasteiger partial charge in [0, 0.05) is 51.3 Å². The SMILES string of the molecule is O=C(NCCCN1C=CNC1)c1cn2c3c(c(NCCCN4CCOCC4)c(F)cc3c1=O)Oc1cc3c(cc1-2)-c1ccccc1C3. The normalized spacial score (nSPS) is 16.0. The number of hydrogen-bond donors (Lipinski definition) is 3. The maximum atomic E-state index is 16.0. The molecule has 1 amide bonds. The van der Waals surface area contributed by atoms with Crippen LogP contribution in [0.1, 0.15) is 34.3 Å². The minimum atomic E-state index is -0.593. The van der Waals surface area contributed by atoms with Crippen LogP contribution in [0.2, 0.25) is 0 Å². The van der Waals surface area contributed by atoms with Crippen molar-refractivity contribution in [2.24, 2.45) is 0 Å². The zero-order chi connectivity index (χ0) is 31.9. The highest BCUT2D eigenvalue weighted by atomic mass is 19.1. The maximum Gasteiger partial charge on any atom is 0.256 e. The van der Waals surface area contributed by atoms with E-state index in [0.29, 0.717) is 36.5 Å². The number of pyridine rings is 1. The molecule has 0 atom stereocenters. The Hall–Kier alpha value is -4.87. The van der Waals surface area contributed by atoms with Crippen LogP contribution in [-0.2, 0) is 11.2 Å². The largest absolute Gasteiger partial charge is 0.451 e. The van der Waals surface area contributed by atoms with Crippen LogP contribution < -0.4 is 26.1 Å². The number of rotatable bonds is 10. The number of nitrogens with zero attached hydrogens (tertiary/aromatic N) is 3. The molecule has 10 nitrogen and oxygen atoms in total. The third-order valence-corrected chi connectivity index (χ3v) is 9.45. The summed E-state index contributed by atoms with van der Waals surface area (Å²) in [7, 11) is 0. The van der Waals surface area contributed by atoms with Crippen LogP contribution in [0, 0.1) is 5.82 Å². The molecule has 4 heterocycles. The van der Waals surface area contributed by atoms with E-state index in [-0.39, 0.29) is 22.4 Å². The summed E-state index contributed by atoms with van der Waals surface area (Å²) in [6, 6.07) is 13.6. The van der Waals surface area contributed by atoms with E-state index in [1.54, 1.807) is 6.20 Å². The van der Waals surface area contributed by atoms with Gasteiger partial charge in [-0.1, -0.05) is 24.3 Å². The summed E-state index contributed by atoms with van der Waals surface area (Å²) in [5.74, 6) is -0.271. The second-order valence-electron chi connectivity index (χ2n) is 12.4. The predicted octanol–water partition coefficient (Wildman–Crippen LogP) is 4.39. The topological polar surface area (TPSA) is 100 Å². The van der Waals surface area contributed by atoms with Crippen LogP contribution in [0.3, 0.4) is 0 Å². The number of carbonyl (C=O) groups is 1. The van der Waals surface area contributed by atoms with E-state index in [1.807, 2.05) is 35.2 Å². The van der Waals surface area contributed by atoms with Crippen LogP contribution in [0.15, 0.2) is 65.9 Å². The molecule has 0 spiro atoms. The van der Waals surface area contributed by atoms with E-state index in [1.165, 1.54) is 11.6 Å². The average Bonchev–Trinajstić information content (AvgIpc) is 3.74. The van der Waals surface area contributed by atoms with Crippen LogP contribution in [0.5, 0.6) is 11.5 Å². The Morgan fingerprint density at radius 1 is 1.00 bits per heavy atom. The minimum Gasteiger partial charge on any atom is -0.451 e. The van der Waals surface area contributed by atoms with Crippen LogP contribution in [0.4, 0.5) is 10.1 Å². The third-order valence-electron chi connectivity index (χ3n) is 9.45. The molecule has 0 saturated carbocycles. The van der Waals surface area contributed by atoms with Gasteiger partial charge in [0.1, 0.15) is 16.8 Å². The number of morpholine rings is 1. The van der Waals surface area contributed by atoms with Gasteiger partial charge in [-0.2, -0.15) is 0 Å². The zero-order valence-corrected chi connectivity index (χ0v) is 26.1. The van der Waals surface area contributed by atoms with Gasteiger partial charge in [0.15, 0.2) is 17.3 Å². The van der Waals surface area contributed by atoms with Crippen molar-refractivity contribution in [3.05, 3.63) is 93.8 Å². The Kier molecular flexibility index (Phi) is 7.78. The number of benzene rings is 3. The van der Waals surface area contributed by atoms with Crippen molar-refractivity contribution >= 4 is 22.5 Å². The molecule has 8 rings (SSSR count). The molecular formula is C36H37FN6O4. The molecule has 1 fully saturated rings. The summed E-state index contributed by atoms with van der Waals surface area (Å²) in [6.07, 6.45) is 7.72. The molecule has 0 radical (unpaired) electrons. The Bertz CT molecular complexity index is 1970. The number of fused-ring (bicyclic) bond motifs is 5. The summed E-state index contributed by atoms with van der Waals surface area (Å²) in [5, 5.41) is 9.40. The standard InChI is InChI=1S/C36H37FN6O4/c37-29-19-27-33-35(32(29)39-7-3-10-41-13-15-46-16-14-41)47-31-18-24-17-23-5-1-2-6-25(23)26(24)20-30(31)43(33)21-28(34(27)44)36(45)40-8-4-11-42-12-9-38-22-42/h1-2,5-6,9,12,18-21,38-39H,3-4,7-8,10-11,13-17,22H2,(H,40,45). The number of amides is 1. The predicted molar refractivity (Wildman–Crippen MR) is 179 cm³/mol. The van der Waals surface area contributed by atoms with Crippen molar-refractivity contribution in [3.63, 3.8) is 0 Å². The van der Waals surface area contributed by atoms with Gasteiger partial charge in [-0.25, -0.2) is 4.39 Å². The van der Waals surface area contributed by atoms with E-state index in [0.717, 1.165) is 75.6 Å². The van der Waals surface area contributed by atoms with E-state index in [9.17, 15) is 9.59 Å². The first-order valence-corrected chi connectivity index (χ1v) is 16.4. The van der Waals surface area contributed by atoms with Crippen LogP contribution in [0.25, 0.3) is 27.7 Å². The Balaban J connectivity index is 1.15. The molecule has 47 heavy (non-hydrogen) atoms. The van der Waals surface area contributed by atoms with E-state index in [2.05, 4.69) is 43.9 Å². The van der Waals surface area contributed by atoms with Crippen molar-refractivity contribution < 1.29 is 18.7 Å². The molecule has 4 aliphatic rings. The molecular weight excluding hydrogens is 599 g/mol. The van der Waals surface area contributed by atoms with Gasteiger partial charge in [0.05, 0.1) is 31.0 Å². The molecule has 11 heteroatoms. The quantitative estimate of drug-likeness (QED) is 0.191. The van der Waals surface area contributed by atoms with E-state index < -0.39 is 17.2 Å². The van der Waals surface area contributed by atoms with Gasteiger partial charge in [-0.3, -0.25) is 14.5 Å². The number of halogens is 1. The molecule has 1 aliphatic carbocycles. The van der Waals surface area contributed by atoms with Crippen molar-refractivity contribution in [1.29, 1.82) is 0 Å². The molecule has 1 aromatic heterocycles. The summed E-state index contributed by atoms with van der Waals surface area (Å²) >= 11 is 0. The van der Waals surface area contributed by atoms with E-state index in [4.69, 9.17) is 9.47 Å². The van der Waals surface area contributed by atoms with Gasteiger partial charge >= 0.3 is 0 Å². The Morgan fingerprint density at radius 3 is 2.70 bits per heavy atom. The summed E-state index contributed by atoms with van der Waals surface area (Å²) in [4.78, 5) is 31.8. The van der Waals surface area contributed by atoms with Gasteiger partial charge in [-0.05, 0) is 66.3 Å². The molecule has 0 bridgehead atoms. The van der Waals surface area contributed by atoms with Crippen molar-refractivity contribution in [2.75, 3.05) is 64.5 Å². The van der Waals surface area contributed by atoms with Crippen molar-refractivity contribution in [1.82, 2.24) is 25.0 Å². The molecule has 242 valence electrons. The Labute approximate surface area is 271 Å². The summed E-state index contributed by atoms with van der Waals surface area (Å²) in [5.41, 5.74) is 5.35. The molecule has 1 saturated heterocycles. The lowest BCUT2D eigenvalue weighted by Crippen LogP contribution is -2.37. The Morgan fingerprint density at radius 2 is 1.85 bits per heavy atom. The first-order chi connectivity index (χ1) is 23.0. The number of carbonyl (C=O) groups excluding carboxylic acids is 1. The average molecular weight is 637 g/mol. The first kappa shape index (κ1) is 29.5. The molecule has 0 unspecified atom stereocenters. The van der Waals surface area contributed by atoms with E-state index >= 15 is 4.39 Å². The maximum absolute atomic E-state index is 16.0. The smallest absolute Gasteiger partial charge is 0.256 e.